The predicted molar refractivity (Wildman–Crippen MR) is 106 cm³/mol. The van der Waals surface area contributed by atoms with Gasteiger partial charge in [-0.1, -0.05) is 12.1 Å². The molecule has 4 rings (SSSR count). The third-order valence-corrected chi connectivity index (χ3v) is 6.83. The lowest BCUT2D eigenvalue weighted by molar-refractivity contribution is 0.256. The number of fused-ring (bicyclic) bond motifs is 2. The summed E-state index contributed by atoms with van der Waals surface area (Å²) in [4.78, 5) is 12.4. The molecule has 0 spiro atoms. The minimum absolute atomic E-state index is 0.333. The zero-order chi connectivity index (χ0) is 18.9. The van der Waals surface area contributed by atoms with Crippen molar-refractivity contribution < 1.29 is 13.2 Å². The van der Waals surface area contributed by atoms with Crippen molar-refractivity contribution in [2.24, 2.45) is 0 Å². The number of aryl methyl sites for hydroxylation is 2. The highest BCUT2D eigenvalue weighted by Crippen LogP contribution is 2.38. The van der Waals surface area contributed by atoms with E-state index in [0.717, 1.165) is 69.0 Å². The van der Waals surface area contributed by atoms with Crippen LogP contribution in [0.3, 0.4) is 0 Å². The van der Waals surface area contributed by atoms with Gasteiger partial charge in [-0.15, -0.1) is 0 Å². The Bertz CT molecular complexity index is 839. The highest BCUT2D eigenvalue weighted by molar-refractivity contribution is 7.92. The Morgan fingerprint density at radius 2 is 1.81 bits per heavy atom. The average molecular weight is 390 g/mol. The first-order valence-corrected chi connectivity index (χ1v) is 11.5. The molecule has 2 aliphatic carbocycles. The summed E-state index contributed by atoms with van der Waals surface area (Å²) in [6.07, 6.45) is 10.6. The van der Waals surface area contributed by atoms with Crippen LogP contribution in [0.1, 0.15) is 54.4 Å². The number of amides is 2. The fraction of sp³-hybridized carbons (Fsp3) is 0.550. The summed E-state index contributed by atoms with van der Waals surface area (Å²) in [5, 5.41) is 7.28. The smallest absolute Gasteiger partial charge is 0.314 e. The van der Waals surface area contributed by atoms with Crippen LogP contribution in [0.5, 0.6) is 0 Å². The zero-order valence-corrected chi connectivity index (χ0v) is 16.3. The van der Waals surface area contributed by atoms with E-state index in [1.807, 2.05) is 0 Å². The lowest BCUT2D eigenvalue weighted by atomic mass is 9.99. The maximum absolute atomic E-state index is 12.4. The third kappa shape index (κ3) is 4.19. The Kier molecular flexibility index (Phi) is 5.23. The Hall–Kier alpha value is -1.86. The van der Waals surface area contributed by atoms with Crippen LogP contribution in [0.2, 0.25) is 0 Å². The largest absolute Gasteiger partial charge is 0.333 e. The Morgan fingerprint density at radius 1 is 1.11 bits per heavy atom. The number of carbonyl (C=O) groups excluding carboxylic acids is 1. The SMILES string of the molecule is O=C(Nc1c2c(cc3c1CCC3)CCC2)NS(=O)(=O)/C=C/C[C@@H]1CCCN1. The molecule has 1 aliphatic heterocycles. The molecule has 146 valence electrons. The second-order valence-corrected chi connectivity index (χ2v) is 9.30. The molecule has 0 radical (unpaired) electrons. The van der Waals surface area contributed by atoms with Gasteiger partial charge >= 0.3 is 6.03 Å². The summed E-state index contributed by atoms with van der Waals surface area (Å²) in [5.41, 5.74) is 5.83. The number of benzene rings is 1. The highest BCUT2D eigenvalue weighted by atomic mass is 32.2. The fourth-order valence-electron chi connectivity index (χ4n) is 4.57. The lowest BCUT2D eigenvalue weighted by Gasteiger charge is -2.16. The van der Waals surface area contributed by atoms with E-state index in [-0.39, 0.29) is 0 Å². The quantitative estimate of drug-likeness (QED) is 0.723. The second kappa shape index (κ2) is 7.64. The minimum atomic E-state index is -3.79. The summed E-state index contributed by atoms with van der Waals surface area (Å²) >= 11 is 0. The van der Waals surface area contributed by atoms with Gasteiger partial charge in [-0.2, -0.15) is 0 Å². The van der Waals surface area contributed by atoms with Crippen molar-refractivity contribution in [1.29, 1.82) is 0 Å². The van der Waals surface area contributed by atoms with Crippen LogP contribution in [0.25, 0.3) is 0 Å². The van der Waals surface area contributed by atoms with E-state index in [4.69, 9.17) is 0 Å². The Labute approximate surface area is 160 Å². The lowest BCUT2D eigenvalue weighted by Crippen LogP contribution is -2.33. The number of sulfonamides is 1. The number of carbonyl (C=O) groups is 1. The molecule has 2 amide bonds. The number of hydrogen-bond acceptors (Lipinski definition) is 4. The molecular weight excluding hydrogens is 362 g/mol. The molecule has 27 heavy (non-hydrogen) atoms. The standard InChI is InChI=1S/C20H27N3O3S/c24-20(23-27(25,26)12-4-8-16-7-3-11-21-16)22-19-17-9-1-5-14(17)13-15-6-2-10-18(15)19/h4,12-13,16,21H,1-3,5-11H2,(H2,22,23,24)/b12-4+/t16-/m0/s1. The summed E-state index contributed by atoms with van der Waals surface area (Å²) in [7, 11) is -3.79. The predicted octanol–water partition coefficient (Wildman–Crippen LogP) is 2.77. The molecule has 3 N–H and O–H groups in total. The van der Waals surface area contributed by atoms with E-state index >= 15 is 0 Å². The molecule has 6 nitrogen and oxygen atoms in total. The van der Waals surface area contributed by atoms with Gasteiger partial charge in [0.2, 0.25) is 0 Å². The highest BCUT2D eigenvalue weighted by Gasteiger charge is 2.25. The van der Waals surface area contributed by atoms with Crippen LogP contribution in [0.4, 0.5) is 10.5 Å². The monoisotopic (exact) mass is 389 g/mol. The van der Waals surface area contributed by atoms with Crippen molar-refractivity contribution in [3.63, 3.8) is 0 Å². The summed E-state index contributed by atoms with van der Waals surface area (Å²) < 4.78 is 26.5. The minimum Gasteiger partial charge on any atom is -0.314 e. The molecule has 0 unspecified atom stereocenters. The number of rotatable bonds is 5. The van der Waals surface area contributed by atoms with Crippen LogP contribution in [-0.2, 0) is 35.7 Å². The van der Waals surface area contributed by atoms with Crippen LogP contribution in [0.15, 0.2) is 17.6 Å². The number of anilines is 1. The first-order valence-electron chi connectivity index (χ1n) is 9.92. The maximum atomic E-state index is 12.4. The molecule has 3 aliphatic rings. The van der Waals surface area contributed by atoms with Gasteiger partial charge in [-0.05, 0) is 86.6 Å². The van der Waals surface area contributed by atoms with Crippen molar-refractivity contribution in [3.05, 3.63) is 39.8 Å². The van der Waals surface area contributed by atoms with E-state index in [0.29, 0.717) is 12.5 Å². The molecule has 7 heteroatoms. The molecule has 0 saturated carbocycles. The topological polar surface area (TPSA) is 87.3 Å². The van der Waals surface area contributed by atoms with Crippen molar-refractivity contribution in [2.75, 3.05) is 11.9 Å². The van der Waals surface area contributed by atoms with Crippen molar-refractivity contribution >= 4 is 21.7 Å². The molecule has 1 aromatic carbocycles. The van der Waals surface area contributed by atoms with Gasteiger partial charge in [0.1, 0.15) is 0 Å². The first kappa shape index (κ1) is 18.5. The van der Waals surface area contributed by atoms with Gasteiger partial charge in [0.05, 0.1) is 0 Å². The van der Waals surface area contributed by atoms with Crippen molar-refractivity contribution in [2.45, 2.75) is 63.8 Å². The average Bonchev–Trinajstić information content (AvgIpc) is 3.34. The van der Waals surface area contributed by atoms with E-state index < -0.39 is 16.1 Å². The Balaban J connectivity index is 1.43. The van der Waals surface area contributed by atoms with Crippen LogP contribution in [0, 0.1) is 0 Å². The van der Waals surface area contributed by atoms with E-state index in [1.165, 1.54) is 22.3 Å². The summed E-state index contributed by atoms with van der Waals surface area (Å²) in [5.74, 6) is 0. The van der Waals surface area contributed by atoms with Gasteiger partial charge < -0.3 is 10.6 Å². The molecule has 1 heterocycles. The zero-order valence-electron chi connectivity index (χ0n) is 15.5. The van der Waals surface area contributed by atoms with Gasteiger partial charge in [-0.25, -0.2) is 17.9 Å². The molecule has 0 aromatic heterocycles. The normalized spacial score (nSPS) is 21.4. The molecule has 1 atom stereocenters. The van der Waals surface area contributed by atoms with Crippen LogP contribution in [-0.4, -0.2) is 27.0 Å². The molecular formula is C20H27N3O3S. The number of urea groups is 1. The Morgan fingerprint density at radius 3 is 2.44 bits per heavy atom. The number of nitrogens with one attached hydrogen (secondary N) is 3. The van der Waals surface area contributed by atoms with E-state index in [1.54, 1.807) is 6.08 Å². The van der Waals surface area contributed by atoms with Gasteiger partial charge in [-0.3, -0.25) is 0 Å². The third-order valence-electron chi connectivity index (χ3n) is 5.80. The van der Waals surface area contributed by atoms with Crippen molar-refractivity contribution in [1.82, 2.24) is 10.0 Å². The van der Waals surface area contributed by atoms with Crippen molar-refractivity contribution in [3.8, 4) is 0 Å². The fourth-order valence-corrected chi connectivity index (χ4v) is 5.32. The second-order valence-electron chi connectivity index (χ2n) is 7.74. The van der Waals surface area contributed by atoms with E-state index in [9.17, 15) is 13.2 Å². The molecule has 0 bridgehead atoms. The molecule has 1 aromatic rings. The molecule has 1 fully saturated rings. The van der Waals surface area contributed by atoms with Crippen LogP contribution < -0.4 is 15.4 Å². The number of hydrogen-bond donors (Lipinski definition) is 3. The van der Waals surface area contributed by atoms with E-state index in [2.05, 4.69) is 21.4 Å². The molecule has 1 saturated heterocycles. The summed E-state index contributed by atoms with van der Waals surface area (Å²) in [6.45, 7) is 0.984. The van der Waals surface area contributed by atoms with Gasteiger partial charge in [0.25, 0.3) is 10.0 Å². The summed E-state index contributed by atoms with van der Waals surface area (Å²) in [6, 6.07) is 1.94. The first-order chi connectivity index (χ1) is 13.0. The van der Waals surface area contributed by atoms with Gasteiger partial charge in [0, 0.05) is 17.1 Å². The maximum Gasteiger partial charge on any atom is 0.333 e. The van der Waals surface area contributed by atoms with Crippen LogP contribution >= 0.6 is 0 Å². The van der Waals surface area contributed by atoms with Gasteiger partial charge in [0.15, 0.2) is 0 Å².